The third kappa shape index (κ3) is 4.19. The number of nitrogens with zero attached hydrogens (tertiary/aromatic N) is 5. The standard InChI is InChI=1S/C24H26F3N7O2/c1-33-9-10-35-19-18(33)20(29-14-15-12-23(13-15)5-7-28-8-6-23)32-34-21(30-31-22(19)34)16-3-2-4-17(11-16)36-24(25,26)27/h2-4,9-11,15,28H,5-8,12-14H2,1H3,(H,29,32). The Morgan fingerprint density at radius 3 is 2.81 bits per heavy atom. The molecule has 1 saturated heterocycles. The number of aromatic nitrogens is 4. The number of hydrogen-bond acceptors (Lipinski definition) is 8. The Bertz CT molecular complexity index is 1310. The highest BCUT2D eigenvalue weighted by molar-refractivity contribution is 5.83. The highest BCUT2D eigenvalue weighted by Crippen LogP contribution is 2.51. The van der Waals surface area contributed by atoms with Crippen molar-refractivity contribution in [3.63, 3.8) is 0 Å². The number of nitrogens with one attached hydrogen (secondary N) is 2. The Hall–Kier alpha value is -3.54. The van der Waals surface area contributed by atoms with Crippen molar-refractivity contribution in [2.24, 2.45) is 11.3 Å². The molecule has 4 heterocycles. The molecule has 1 spiro atoms. The zero-order valence-electron chi connectivity index (χ0n) is 19.7. The summed E-state index contributed by atoms with van der Waals surface area (Å²) in [5.41, 5.74) is 1.95. The first-order valence-corrected chi connectivity index (χ1v) is 12.0. The van der Waals surface area contributed by atoms with Crippen molar-refractivity contribution in [2.75, 3.05) is 36.9 Å². The summed E-state index contributed by atoms with van der Waals surface area (Å²) in [6, 6.07) is 5.60. The Labute approximate surface area is 205 Å². The molecule has 2 aliphatic heterocycles. The number of anilines is 2. The highest BCUT2D eigenvalue weighted by atomic mass is 19.4. The summed E-state index contributed by atoms with van der Waals surface area (Å²) in [6.07, 6.45) is 3.39. The summed E-state index contributed by atoms with van der Waals surface area (Å²) in [5, 5.41) is 20.2. The Morgan fingerprint density at radius 1 is 1.22 bits per heavy atom. The van der Waals surface area contributed by atoms with Crippen LogP contribution in [0.5, 0.6) is 11.5 Å². The fourth-order valence-electron chi connectivity index (χ4n) is 5.62. The molecule has 2 aromatic heterocycles. The van der Waals surface area contributed by atoms with E-state index in [1.165, 1.54) is 48.4 Å². The van der Waals surface area contributed by atoms with Crippen LogP contribution in [-0.2, 0) is 0 Å². The van der Waals surface area contributed by atoms with Crippen LogP contribution in [0.25, 0.3) is 17.0 Å². The molecule has 1 saturated carbocycles. The fourth-order valence-corrected chi connectivity index (χ4v) is 5.62. The van der Waals surface area contributed by atoms with Crippen LogP contribution in [0, 0.1) is 11.3 Å². The van der Waals surface area contributed by atoms with Crippen LogP contribution in [0.1, 0.15) is 25.7 Å². The monoisotopic (exact) mass is 501 g/mol. The first kappa shape index (κ1) is 22.9. The van der Waals surface area contributed by atoms with E-state index in [4.69, 9.17) is 9.84 Å². The second-order valence-electron chi connectivity index (χ2n) is 9.78. The van der Waals surface area contributed by atoms with Gasteiger partial charge in [-0.15, -0.1) is 28.5 Å². The van der Waals surface area contributed by atoms with Crippen molar-refractivity contribution < 1.29 is 22.6 Å². The van der Waals surface area contributed by atoms with Gasteiger partial charge in [0, 0.05) is 25.4 Å². The van der Waals surface area contributed by atoms with Gasteiger partial charge in [-0.2, -0.15) is 4.52 Å². The lowest BCUT2D eigenvalue weighted by Crippen LogP contribution is -2.47. The molecule has 36 heavy (non-hydrogen) atoms. The van der Waals surface area contributed by atoms with E-state index in [1.807, 2.05) is 11.9 Å². The molecule has 1 aliphatic carbocycles. The third-order valence-electron chi connectivity index (χ3n) is 7.30. The van der Waals surface area contributed by atoms with Gasteiger partial charge < -0.3 is 25.0 Å². The van der Waals surface area contributed by atoms with E-state index in [0.717, 1.165) is 25.3 Å². The van der Waals surface area contributed by atoms with E-state index < -0.39 is 6.36 Å². The van der Waals surface area contributed by atoms with Gasteiger partial charge >= 0.3 is 6.36 Å². The van der Waals surface area contributed by atoms with Crippen LogP contribution in [0.3, 0.4) is 0 Å². The van der Waals surface area contributed by atoms with Gasteiger partial charge in [0.2, 0.25) is 11.4 Å². The summed E-state index contributed by atoms with van der Waals surface area (Å²) in [7, 11) is 1.89. The molecule has 190 valence electrons. The smallest absolute Gasteiger partial charge is 0.457 e. The van der Waals surface area contributed by atoms with E-state index >= 15 is 0 Å². The van der Waals surface area contributed by atoms with Gasteiger partial charge in [0.25, 0.3) is 0 Å². The topological polar surface area (TPSA) is 88.8 Å². The van der Waals surface area contributed by atoms with Crippen molar-refractivity contribution in [3.8, 4) is 22.9 Å². The molecular formula is C24H26F3N7O2. The zero-order valence-corrected chi connectivity index (χ0v) is 19.7. The van der Waals surface area contributed by atoms with Crippen molar-refractivity contribution in [2.45, 2.75) is 32.0 Å². The lowest BCUT2D eigenvalue weighted by atomic mass is 9.58. The lowest BCUT2D eigenvalue weighted by Gasteiger charge is -2.50. The molecule has 0 amide bonds. The summed E-state index contributed by atoms with van der Waals surface area (Å²) in [4.78, 5) is 1.90. The largest absolute Gasteiger partial charge is 0.573 e. The van der Waals surface area contributed by atoms with Gasteiger partial charge in [0.15, 0.2) is 11.6 Å². The van der Waals surface area contributed by atoms with Crippen LogP contribution in [0.15, 0.2) is 36.7 Å². The average Bonchev–Trinajstić information content (AvgIpc) is 3.25. The number of fused-ring (bicyclic) bond motifs is 3. The summed E-state index contributed by atoms with van der Waals surface area (Å²) >= 11 is 0. The van der Waals surface area contributed by atoms with Crippen LogP contribution in [0.2, 0.25) is 0 Å². The van der Waals surface area contributed by atoms with Gasteiger partial charge in [0.1, 0.15) is 17.7 Å². The zero-order chi connectivity index (χ0) is 24.9. The summed E-state index contributed by atoms with van der Waals surface area (Å²) in [6.45, 7) is 2.95. The lowest BCUT2D eigenvalue weighted by molar-refractivity contribution is -0.274. The van der Waals surface area contributed by atoms with Crippen LogP contribution < -0.4 is 25.0 Å². The predicted molar refractivity (Wildman–Crippen MR) is 127 cm³/mol. The molecule has 0 atom stereocenters. The maximum Gasteiger partial charge on any atom is 0.573 e. The number of alkyl halides is 3. The van der Waals surface area contributed by atoms with E-state index in [0.29, 0.717) is 34.1 Å². The van der Waals surface area contributed by atoms with Crippen molar-refractivity contribution in [1.82, 2.24) is 25.1 Å². The quantitative estimate of drug-likeness (QED) is 0.539. The summed E-state index contributed by atoms with van der Waals surface area (Å²) < 4.78 is 49.6. The van der Waals surface area contributed by atoms with Crippen molar-refractivity contribution in [3.05, 3.63) is 36.7 Å². The molecule has 0 unspecified atom stereocenters. The number of piperidine rings is 1. The second kappa shape index (κ2) is 8.54. The highest BCUT2D eigenvalue weighted by Gasteiger charge is 2.44. The van der Waals surface area contributed by atoms with Crippen LogP contribution >= 0.6 is 0 Å². The van der Waals surface area contributed by atoms with Gasteiger partial charge in [-0.1, -0.05) is 12.1 Å². The molecule has 2 fully saturated rings. The summed E-state index contributed by atoms with van der Waals surface area (Å²) in [5.74, 6) is 1.56. The van der Waals surface area contributed by atoms with Crippen molar-refractivity contribution >= 4 is 17.2 Å². The maximum atomic E-state index is 12.7. The molecule has 9 nitrogen and oxygen atoms in total. The van der Waals surface area contributed by atoms with E-state index in [2.05, 4.69) is 25.6 Å². The maximum absolute atomic E-state index is 12.7. The van der Waals surface area contributed by atoms with Gasteiger partial charge in [-0.05, 0) is 62.2 Å². The molecule has 3 aliphatic rings. The third-order valence-corrected chi connectivity index (χ3v) is 7.30. The number of ether oxygens (including phenoxy) is 2. The van der Waals surface area contributed by atoms with Gasteiger partial charge in [0.05, 0.1) is 0 Å². The van der Waals surface area contributed by atoms with Gasteiger partial charge in [-0.25, -0.2) is 0 Å². The van der Waals surface area contributed by atoms with Crippen LogP contribution in [-0.4, -0.2) is 52.9 Å². The molecule has 0 bridgehead atoms. The molecule has 6 rings (SSSR count). The van der Waals surface area contributed by atoms with E-state index in [-0.39, 0.29) is 11.6 Å². The molecule has 0 radical (unpaired) electrons. The Kier molecular flexibility index (Phi) is 5.43. The first-order chi connectivity index (χ1) is 17.3. The average molecular weight is 502 g/mol. The fraction of sp³-hybridized carbons (Fsp3) is 0.458. The molecule has 2 N–H and O–H groups in total. The minimum atomic E-state index is -4.79. The number of hydrogen-bond donors (Lipinski definition) is 2. The Morgan fingerprint density at radius 2 is 2.03 bits per heavy atom. The number of rotatable bonds is 5. The Balaban J connectivity index is 1.31. The second-order valence-corrected chi connectivity index (χ2v) is 9.78. The minimum Gasteiger partial charge on any atom is -0.457 e. The van der Waals surface area contributed by atoms with E-state index in [9.17, 15) is 13.2 Å². The molecule has 3 aromatic rings. The van der Waals surface area contributed by atoms with Gasteiger partial charge in [-0.3, -0.25) is 0 Å². The minimum absolute atomic E-state index is 0.279. The predicted octanol–water partition coefficient (Wildman–Crippen LogP) is 4.18. The number of benzene rings is 1. The van der Waals surface area contributed by atoms with Crippen molar-refractivity contribution in [1.29, 1.82) is 0 Å². The number of halogens is 3. The normalized spacial score (nSPS) is 19.2. The van der Waals surface area contributed by atoms with E-state index in [1.54, 1.807) is 18.5 Å². The first-order valence-electron chi connectivity index (χ1n) is 12.0. The molecule has 12 heteroatoms. The van der Waals surface area contributed by atoms with Crippen LogP contribution in [0.4, 0.5) is 24.7 Å². The molecule has 1 aromatic carbocycles. The SMILES string of the molecule is CN1C=COc2c1c(NCC1CC3(CCNCC3)C1)nn1c(-c3cccc(OC(F)(F)F)c3)nnc21. The molecular weight excluding hydrogens is 475 g/mol.